The molecule has 0 unspecified atom stereocenters. The van der Waals surface area contributed by atoms with Gasteiger partial charge in [-0.25, -0.2) is 9.97 Å². The van der Waals surface area contributed by atoms with Gasteiger partial charge in [0, 0.05) is 23.3 Å². The summed E-state index contributed by atoms with van der Waals surface area (Å²) in [4.78, 5) is 11.7. The Morgan fingerprint density at radius 3 is 2.19 bits per heavy atom. The predicted molar refractivity (Wildman–Crippen MR) is 125 cm³/mol. The second-order valence-corrected chi connectivity index (χ2v) is 7.45. The Morgan fingerprint density at radius 2 is 1.48 bits per heavy atom. The van der Waals surface area contributed by atoms with Crippen LogP contribution in [0.5, 0.6) is 5.75 Å². The van der Waals surface area contributed by atoms with Gasteiger partial charge in [-0.3, -0.25) is 0 Å². The molecular formula is C26H22N4O. The van der Waals surface area contributed by atoms with E-state index in [2.05, 4.69) is 0 Å². The van der Waals surface area contributed by atoms with E-state index in [1.165, 1.54) is 0 Å². The Balaban J connectivity index is 1.54. The van der Waals surface area contributed by atoms with Crippen molar-refractivity contribution in [3.8, 4) is 17.1 Å². The lowest BCUT2D eigenvalue weighted by Gasteiger charge is -2.29. The van der Waals surface area contributed by atoms with Gasteiger partial charge in [0.2, 0.25) is 0 Å². The summed E-state index contributed by atoms with van der Waals surface area (Å²) in [6, 6.07) is 25.8. The quantitative estimate of drug-likeness (QED) is 0.516. The monoisotopic (exact) mass is 406 g/mol. The van der Waals surface area contributed by atoms with Gasteiger partial charge in [-0.1, -0.05) is 54.6 Å². The Labute approximate surface area is 181 Å². The van der Waals surface area contributed by atoms with Crippen LogP contribution in [-0.2, 0) is 5.54 Å². The van der Waals surface area contributed by atoms with Crippen LogP contribution in [0.15, 0.2) is 103 Å². The van der Waals surface area contributed by atoms with E-state index in [1.54, 1.807) is 7.11 Å². The van der Waals surface area contributed by atoms with Crippen LogP contribution in [-0.4, -0.2) is 17.1 Å². The maximum absolute atomic E-state index is 6.67. The van der Waals surface area contributed by atoms with Gasteiger partial charge in [0.1, 0.15) is 11.6 Å². The van der Waals surface area contributed by atoms with Gasteiger partial charge in [-0.05, 0) is 42.0 Å². The molecule has 0 amide bonds. The summed E-state index contributed by atoms with van der Waals surface area (Å²) in [5, 5.41) is 0.977. The molecule has 1 aliphatic heterocycles. The molecule has 1 aliphatic rings. The third kappa shape index (κ3) is 3.56. The van der Waals surface area contributed by atoms with Crippen LogP contribution in [0.2, 0.25) is 0 Å². The van der Waals surface area contributed by atoms with Crippen molar-refractivity contribution < 1.29 is 4.74 Å². The van der Waals surface area contributed by atoms with E-state index in [9.17, 15) is 0 Å². The van der Waals surface area contributed by atoms with E-state index >= 15 is 0 Å². The zero-order valence-electron chi connectivity index (χ0n) is 17.1. The summed E-state index contributed by atoms with van der Waals surface area (Å²) in [7, 11) is 1.65. The second-order valence-electron chi connectivity index (χ2n) is 7.45. The van der Waals surface area contributed by atoms with Gasteiger partial charge < -0.3 is 15.4 Å². The van der Waals surface area contributed by atoms with Crippen LogP contribution in [0, 0.1) is 0 Å². The molecule has 0 spiro atoms. The number of aromatic nitrogens is 2. The number of para-hydroxylation sites is 1. The van der Waals surface area contributed by atoms with E-state index in [0.29, 0.717) is 5.82 Å². The van der Waals surface area contributed by atoms with E-state index in [1.807, 2.05) is 108 Å². The molecule has 0 radical (unpaired) electrons. The van der Waals surface area contributed by atoms with Gasteiger partial charge in [0.15, 0.2) is 5.82 Å². The second kappa shape index (κ2) is 7.70. The number of methoxy groups -OCH3 is 1. The molecule has 0 fully saturated rings. The molecule has 0 saturated carbocycles. The van der Waals surface area contributed by atoms with E-state index in [4.69, 9.17) is 20.4 Å². The fourth-order valence-corrected chi connectivity index (χ4v) is 3.70. The van der Waals surface area contributed by atoms with Crippen LogP contribution in [0.4, 0.5) is 5.82 Å². The first kappa shape index (κ1) is 19.0. The zero-order chi connectivity index (χ0) is 21.3. The molecule has 0 bridgehead atoms. The third-order valence-electron chi connectivity index (χ3n) is 5.47. The maximum Gasteiger partial charge on any atom is 0.162 e. The number of hydrogen-bond acceptors (Lipinski definition) is 5. The Kier molecular flexibility index (Phi) is 4.73. The van der Waals surface area contributed by atoms with Crippen LogP contribution < -0.4 is 15.4 Å². The number of nitrogens with two attached hydrogens (primary N) is 1. The first-order valence-electron chi connectivity index (χ1n) is 10.1. The molecule has 0 aliphatic carbocycles. The third-order valence-corrected chi connectivity index (χ3v) is 5.47. The molecule has 5 nitrogen and oxygen atoms in total. The SMILES string of the molecule is COc1ccc(C2(N)C=CN(c3nc(-c4ccccc4)nc4ccccc34)C=C2)cc1. The molecule has 2 N–H and O–H groups in total. The standard InChI is InChI=1S/C26H22N4O/c1-31-21-13-11-20(12-14-21)26(27)15-17-30(18-16-26)25-22-9-5-6-10-23(22)28-24(29-25)19-7-3-2-4-8-19/h2-18H,27H2,1H3. The predicted octanol–water partition coefficient (Wildman–Crippen LogP) is 5.01. The van der Waals surface area contributed by atoms with Crippen molar-refractivity contribution in [1.82, 2.24) is 9.97 Å². The number of anilines is 1. The number of nitrogens with zero attached hydrogens (tertiary/aromatic N) is 3. The minimum Gasteiger partial charge on any atom is -0.497 e. The summed E-state index contributed by atoms with van der Waals surface area (Å²) in [6.07, 6.45) is 7.89. The lowest BCUT2D eigenvalue weighted by atomic mass is 9.89. The summed E-state index contributed by atoms with van der Waals surface area (Å²) in [6.45, 7) is 0. The molecule has 2 heterocycles. The van der Waals surface area contributed by atoms with Crippen molar-refractivity contribution in [2.45, 2.75) is 5.54 Å². The van der Waals surface area contributed by atoms with Crippen molar-refractivity contribution in [3.63, 3.8) is 0 Å². The maximum atomic E-state index is 6.67. The Morgan fingerprint density at radius 1 is 0.806 bits per heavy atom. The summed E-state index contributed by atoms with van der Waals surface area (Å²) in [5.41, 5.74) is 8.83. The molecule has 0 saturated heterocycles. The minimum atomic E-state index is -0.701. The smallest absolute Gasteiger partial charge is 0.162 e. The van der Waals surface area contributed by atoms with Crippen molar-refractivity contribution in [2.75, 3.05) is 12.0 Å². The average molecular weight is 406 g/mol. The summed E-state index contributed by atoms with van der Waals surface area (Å²) >= 11 is 0. The van der Waals surface area contributed by atoms with Crippen LogP contribution in [0.25, 0.3) is 22.3 Å². The van der Waals surface area contributed by atoms with Crippen LogP contribution in [0.1, 0.15) is 5.56 Å². The lowest BCUT2D eigenvalue weighted by molar-refractivity contribution is 0.414. The molecule has 152 valence electrons. The van der Waals surface area contributed by atoms with Crippen molar-refractivity contribution >= 4 is 16.7 Å². The van der Waals surface area contributed by atoms with Crippen LogP contribution >= 0.6 is 0 Å². The average Bonchev–Trinajstić information content (AvgIpc) is 2.84. The van der Waals surface area contributed by atoms with Crippen molar-refractivity contribution in [2.24, 2.45) is 5.73 Å². The Hall–Kier alpha value is -3.96. The molecule has 1 aromatic heterocycles. The highest BCUT2D eigenvalue weighted by Crippen LogP contribution is 2.32. The van der Waals surface area contributed by atoms with E-state index in [-0.39, 0.29) is 0 Å². The largest absolute Gasteiger partial charge is 0.497 e. The molecule has 4 aromatic rings. The first-order chi connectivity index (χ1) is 15.2. The molecule has 3 aromatic carbocycles. The minimum absolute atomic E-state index is 0.691. The van der Waals surface area contributed by atoms with Gasteiger partial charge >= 0.3 is 0 Å². The van der Waals surface area contributed by atoms with E-state index < -0.39 is 5.54 Å². The molecule has 31 heavy (non-hydrogen) atoms. The number of hydrogen-bond donors (Lipinski definition) is 1. The van der Waals surface area contributed by atoms with Crippen LogP contribution in [0.3, 0.4) is 0 Å². The molecular weight excluding hydrogens is 384 g/mol. The van der Waals surface area contributed by atoms with Gasteiger partial charge in [0.05, 0.1) is 18.2 Å². The zero-order valence-corrected chi connectivity index (χ0v) is 17.1. The normalized spacial score (nSPS) is 14.7. The van der Waals surface area contributed by atoms with Gasteiger partial charge in [-0.2, -0.15) is 0 Å². The fourth-order valence-electron chi connectivity index (χ4n) is 3.70. The summed E-state index contributed by atoms with van der Waals surface area (Å²) < 4.78 is 5.25. The fraction of sp³-hybridized carbons (Fsp3) is 0.0769. The highest BCUT2D eigenvalue weighted by Gasteiger charge is 2.25. The first-order valence-corrected chi connectivity index (χ1v) is 10.1. The van der Waals surface area contributed by atoms with Crippen molar-refractivity contribution in [3.05, 3.63) is 109 Å². The lowest BCUT2D eigenvalue weighted by Crippen LogP contribution is -2.35. The number of benzene rings is 3. The number of ether oxygens (including phenoxy) is 1. The highest BCUT2D eigenvalue weighted by molar-refractivity contribution is 5.92. The summed E-state index contributed by atoms with van der Waals surface area (Å²) in [5.74, 6) is 2.31. The molecule has 5 rings (SSSR count). The molecule has 0 atom stereocenters. The van der Waals surface area contributed by atoms with E-state index in [0.717, 1.165) is 33.6 Å². The molecule has 5 heteroatoms. The van der Waals surface area contributed by atoms with Gasteiger partial charge in [0.25, 0.3) is 0 Å². The Bertz CT molecular complexity index is 1270. The highest BCUT2D eigenvalue weighted by atomic mass is 16.5. The van der Waals surface area contributed by atoms with Gasteiger partial charge in [-0.15, -0.1) is 0 Å². The number of fused-ring (bicyclic) bond motifs is 1. The number of rotatable bonds is 4. The van der Waals surface area contributed by atoms with Crippen molar-refractivity contribution in [1.29, 1.82) is 0 Å². The topological polar surface area (TPSA) is 64.3 Å².